The van der Waals surface area contributed by atoms with Crippen molar-refractivity contribution >= 4 is 16.0 Å². The van der Waals surface area contributed by atoms with E-state index in [2.05, 4.69) is 19.9 Å². The Kier molecular flexibility index (Phi) is 7.76. The fourth-order valence-electron chi connectivity index (χ4n) is 4.22. The molecule has 0 amide bonds. The second-order valence-corrected chi connectivity index (χ2v) is 10.6. The maximum absolute atomic E-state index is 13.6. The van der Waals surface area contributed by atoms with Crippen LogP contribution in [0.5, 0.6) is 11.5 Å². The normalized spacial score (nSPS) is 17.5. The molecule has 1 fully saturated rings. The zero-order valence-electron chi connectivity index (χ0n) is 21.0. The van der Waals surface area contributed by atoms with E-state index in [1.807, 2.05) is 13.0 Å². The fraction of sp³-hybridized carbons (Fsp3) is 0.458. The molecule has 0 unspecified atom stereocenters. The second kappa shape index (κ2) is 10.8. The number of anilines is 1. The molecule has 0 radical (unpaired) electrons. The van der Waals surface area contributed by atoms with Gasteiger partial charge in [-0.1, -0.05) is 12.1 Å². The SMILES string of the molecule is COc1cccc(OC)c1-n1c(NS(=O)(=O)[C@@H](C)[C@H](OC)c2ccc(C)cn2)nnc1[C@H]1CCOC1. The second-order valence-electron chi connectivity index (χ2n) is 8.56. The Balaban J connectivity index is 1.77. The van der Waals surface area contributed by atoms with Gasteiger partial charge in [-0.15, -0.1) is 10.2 Å². The van der Waals surface area contributed by atoms with Crippen LogP contribution in [0.25, 0.3) is 5.69 Å². The zero-order valence-corrected chi connectivity index (χ0v) is 21.8. The third-order valence-corrected chi connectivity index (χ3v) is 7.93. The summed E-state index contributed by atoms with van der Waals surface area (Å²) in [6, 6.07) is 8.93. The third kappa shape index (κ3) is 5.01. The van der Waals surface area contributed by atoms with Crippen LogP contribution < -0.4 is 14.2 Å². The Bertz CT molecular complexity index is 1270. The molecule has 3 aromatic rings. The minimum Gasteiger partial charge on any atom is -0.494 e. The lowest BCUT2D eigenvalue weighted by molar-refractivity contribution is 0.0989. The van der Waals surface area contributed by atoms with Crippen molar-refractivity contribution in [3.63, 3.8) is 0 Å². The van der Waals surface area contributed by atoms with E-state index in [9.17, 15) is 8.42 Å². The Hall–Kier alpha value is -3.22. The summed E-state index contributed by atoms with van der Waals surface area (Å²) < 4.78 is 53.7. The highest BCUT2D eigenvalue weighted by Gasteiger charge is 2.35. The molecule has 3 atom stereocenters. The number of hydrogen-bond donors (Lipinski definition) is 1. The summed E-state index contributed by atoms with van der Waals surface area (Å²) in [4.78, 5) is 4.36. The van der Waals surface area contributed by atoms with Gasteiger partial charge in [0.15, 0.2) is 0 Å². The Morgan fingerprint density at radius 1 is 1.11 bits per heavy atom. The van der Waals surface area contributed by atoms with Gasteiger partial charge in [0.05, 0.1) is 26.5 Å². The molecule has 0 bridgehead atoms. The lowest BCUT2D eigenvalue weighted by atomic mass is 10.1. The van der Waals surface area contributed by atoms with Gasteiger partial charge >= 0.3 is 0 Å². The van der Waals surface area contributed by atoms with Gasteiger partial charge in [0, 0.05) is 25.8 Å². The van der Waals surface area contributed by atoms with E-state index in [-0.39, 0.29) is 11.9 Å². The van der Waals surface area contributed by atoms with E-state index < -0.39 is 21.4 Å². The highest BCUT2D eigenvalue weighted by atomic mass is 32.2. The van der Waals surface area contributed by atoms with Crippen LogP contribution in [-0.4, -0.2) is 68.0 Å². The van der Waals surface area contributed by atoms with Crippen molar-refractivity contribution in [3.05, 3.63) is 53.6 Å². The van der Waals surface area contributed by atoms with Crippen LogP contribution in [0.2, 0.25) is 0 Å². The molecule has 2 aromatic heterocycles. The van der Waals surface area contributed by atoms with Crippen LogP contribution in [0.4, 0.5) is 5.95 Å². The molecular formula is C24H31N5O6S. The third-order valence-electron chi connectivity index (χ3n) is 6.24. The minimum atomic E-state index is -4.01. The van der Waals surface area contributed by atoms with Crippen LogP contribution in [0.3, 0.4) is 0 Å². The van der Waals surface area contributed by atoms with Gasteiger partial charge in [-0.2, -0.15) is 0 Å². The lowest BCUT2D eigenvalue weighted by Gasteiger charge is -2.23. The molecule has 1 aliphatic rings. The predicted octanol–water partition coefficient (Wildman–Crippen LogP) is 3.01. The van der Waals surface area contributed by atoms with E-state index in [0.717, 1.165) is 12.0 Å². The van der Waals surface area contributed by atoms with Gasteiger partial charge in [-0.25, -0.2) is 8.42 Å². The van der Waals surface area contributed by atoms with Crippen molar-refractivity contribution in [2.75, 3.05) is 39.3 Å². The maximum atomic E-state index is 13.6. The quantitative estimate of drug-likeness (QED) is 0.432. The standard InChI is InChI=1S/C24H31N5O6S/c1-15-9-10-18(25-13-15)22(34-5)16(2)36(30,31)28-24-27-26-23(17-11-12-35-14-17)29(24)21-19(32-3)7-6-8-20(21)33-4/h6-10,13,16-17,22H,11-12,14H2,1-5H3,(H,27,28)/t16-,17-,22-/m0/s1. The van der Waals surface area contributed by atoms with Crippen molar-refractivity contribution in [1.29, 1.82) is 0 Å². The first-order valence-corrected chi connectivity index (χ1v) is 13.1. The Morgan fingerprint density at radius 2 is 1.83 bits per heavy atom. The number of benzene rings is 1. The number of pyridine rings is 1. The molecule has 3 heterocycles. The highest BCUT2D eigenvalue weighted by molar-refractivity contribution is 7.93. The molecule has 1 aliphatic heterocycles. The number of aromatic nitrogens is 4. The van der Waals surface area contributed by atoms with Crippen molar-refractivity contribution in [2.45, 2.75) is 37.5 Å². The first kappa shape index (κ1) is 25.9. The summed E-state index contributed by atoms with van der Waals surface area (Å²) in [7, 11) is 0.508. The number of nitrogens with zero attached hydrogens (tertiary/aromatic N) is 4. The predicted molar refractivity (Wildman–Crippen MR) is 133 cm³/mol. The van der Waals surface area contributed by atoms with Gasteiger partial charge < -0.3 is 18.9 Å². The number of aryl methyl sites for hydroxylation is 1. The molecule has 36 heavy (non-hydrogen) atoms. The van der Waals surface area contributed by atoms with Crippen molar-refractivity contribution in [2.24, 2.45) is 0 Å². The number of rotatable bonds is 10. The first-order valence-electron chi connectivity index (χ1n) is 11.5. The van der Waals surface area contributed by atoms with Gasteiger partial charge in [0.1, 0.15) is 34.4 Å². The van der Waals surface area contributed by atoms with Gasteiger partial charge in [0.2, 0.25) is 16.0 Å². The van der Waals surface area contributed by atoms with Crippen molar-refractivity contribution in [1.82, 2.24) is 19.7 Å². The molecule has 11 nitrogen and oxygen atoms in total. The molecule has 1 N–H and O–H groups in total. The van der Waals surface area contributed by atoms with E-state index in [0.29, 0.717) is 41.9 Å². The van der Waals surface area contributed by atoms with Crippen LogP contribution in [-0.2, 0) is 19.5 Å². The number of sulfonamides is 1. The number of methoxy groups -OCH3 is 3. The Labute approximate surface area is 210 Å². The zero-order chi connectivity index (χ0) is 25.9. The molecule has 0 aliphatic carbocycles. The van der Waals surface area contributed by atoms with Crippen LogP contribution in [0.15, 0.2) is 36.5 Å². The van der Waals surface area contributed by atoms with Crippen LogP contribution >= 0.6 is 0 Å². The largest absolute Gasteiger partial charge is 0.494 e. The van der Waals surface area contributed by atoms with E-state index >= 15 is 0 Å². The fourth-order valence-corrected chi connectivity index (χ4v) is 5.37. The molecule has 1 aromatic carbocycles. The van der Waals surface area contributed by atoms with Gasteiger partial charge in [0.25, 0.3) is 0 Å². The Morgan fingerprint density at radius 3 is 2.39 bits per heavy atom. The highest BCUT2D eigenvalue weighted by Crippen LogP contribution is 2.38. The van der Waals surface area contributed by atoms with Crippen molar-refractivity contribution < 1.29 is 27.4 Å². The average molecular weight is 518 g/mol. The number of ether oxygens (including phenoxy) is 4. The summed E-state index contributed by atoms with van der Waals surface area (Å²) in [6.45, 7) is 4.50. The molecule has 0 spiro atoms. The summed E-state index contributed by atoms with van der Waals surface area (Å²) in [5, 5.41) is 7.58. The summed E-state index contributed by atoms with van der Waals surface area (Å²) in [6.07, 6.45) is 1.60. The maximum Gasteiger partial charge on any atom is 0.243 e. The number of nitrogens with one attached hydrogen (secondary N) is 1. The molecule has 12 heteroatoms. The van der Waals surface area contributed by atoms with E-state index in [1.165, 1.54) is 21.3 Å². The lowest BCUT2D eigenvalue weighted by Crippen LogP contribution is -2.33. The molecular weight excluding hydrogens is 486 g/mol. The minimum absolute atomic E-state index is 0.0123. The summed E-state index contributed by atoms with van der Waals surface area (Å²) in [5.74, 6) is 1.43. The van der Waals surface area contributed by atoms with Crippen LogP contribution in [0.1, 0.15) is 42.4 Å². The first-order chi connectivity index (χ1) is 17.3. The molecule has 4 rings (SSSR count). The monoisotopic (exact) mass is 517 g/mol. The summed E-state index contributed by atoms with van der Waals surface area (Å²) in [5.41, 5.74) is 1.96. The summed E-state index contributed by atoms with van der Waals surface area (Å²) >= 11 is 0. The molecule has 1 saturated heterocycles. The van der Waals surface area contributed by atoms with Crippen LogP contribution in [0, 0.1) is 6.92 Å². The number of para-hydroxylation sites is 1. The number of hydrogen-bond acceptors (Lipinski definition) is 9. The topological polar surface area (TPSA) is 127 Å². The van der Waals surface area contributed by atoms with E-state index in [1.54, 1.807) is 42.0 Å². The van der Waals surface area contributed by atoms with Crippen molar-refractivity contribution in [3.8, 4) is 17.2 Å². The van der Waals surface area contributed by atoms with Gasteiger partial charge in [-0.3, -0.25) is 14.3 Å². The average Bonchev–Trinajstić information content (AvgIpc) is 3.54. The van der Waals surface area contributed by atoms with E-state index in [4.69, 9.17) is 18.9 Å². The molecule has 0 saturated carbocycles. The smallest absolute Gasteiger partial charge is 0.243 e. The molecule has 194 valence electrons. The van der Waals surface area contributed by atoms with Gasteiger partial charge in [-0.05, 0) is 44.0 Å².